The number of benzene rings is 1. The lowest BCUT2D eigenvalue weighted by molar-refractivity contribution is -0.133. The van der Waals surface area contributed by atoms with Gasteiger partial charge in [-0.3, -0.25) is 9.79 Å². The van der Waals surface area contributed by atoms with Crippen molar-refractivity contribution in [2.45, 2.75) is 32.4 Å². The monoisotopic (exact) mass is 521 g/mol. The highest BCUT2D eigenvalue weighted by atomic mass is 127. The fourth-order valence-electron chi connectivity index (χ4n) is 3.31. The lowest BCUT2D eigenvalue weighted by Crippen LogP contribution is -2.47. The van der Waals surface area contributed by atoms with Gasteiger partial charge in [0.05, 0.1) is 6.04 Å². The van der Waals surface area contributed by atoms with E-state index in [0.29, 0.717) is 0 Å². The fourth-order valence-corrected chi connectivity index (χ4v) is 3.43. The molecule has 0 bridgehead atoms. The van der Waals surface area contributed by atoms with E-state index in [4.69, 9.17) is 11.6 Å². The van der Waals surface area contributed by atoms with Crippen LogP contribution in [0.25, 0.3) is 0 Å². The molecule has 2 rings (SSSR count). The van der Waals surface area contributed by atoms with Crippen molar-refractivity contribution in [3.05, 3.63) is 34.9 Å². The fraction of sp³-hybridized carbons (Fsp3) is 0.600. The van der Waals surface area contributed by atoms with Crippen molar-refractivity contribution in [2.75, 3.05) is 40.8 Å². The Morgan fingerprint density at radius 1 is 1.32 bits per heavy atom. The number of amides is 1. The van der Waals surface area contributed by atoms with E-state index in [1.807, 2.05) is 30.9 Å². The molecular weight excluding hydrogens is 489 g/mol. The average molecular weight is 522 g/mol. The molecule has 1 amide bonds. The van der Waals surface area contributed by atoms with Gasteiger partial charge in [0.2, 0.25) is 5.91 Å². The van der Waals surface area contributed by atoms with Crippen LogP contribution in [-0.4, -0.2) is 68.5 Å². The Kier molecular flexibility index (Phi) is 10.5. The first-order valence-corrected chi connectivity index (χ1v) is 9.87. The Balaban J connectivity index is 0.00000392. The molecule has 1 aliphatic rings. The van der Waals surface area contributed by atoms with Gasteiger partial charge in [0.15, 0.2) is 5.96 Å². The Labute approximate surface area is 191 Å². The van der Waals surface area contributed by atoms with E-state index in [9.17, 15) is 4.79 Å². The number of halogens is 2. The number of aliphatic imine (C=N–C) groups is 1. The van der Waals surface area contributed by atoms with Crippen LogP contribution in [0.1, 0.15) is 31.9 Å². The molecule has 1 fully saturated rings. The van der Waals surface area contributed by atoms with Gasteiger partial charge in [-0.2, -0.15) is 0 Å². The first-order chi connectivity index (χ1) is 12.8. The molecule has 2 atom stereocenters. The van der Waals surface area contributed by atoms with E-state index in [2.05, 4.69) is 46.8 Å². The standard InChI is InChI=1S/C20H32ClN5O.HI/c1-14(2)19(27)26-11-10-17(13-26)24-20(22-3)23-12-18(25(4)5)15-6-8-16(21)9-7-15;/h6-9,14,17-18H,10-13H2,1-5H3,(H2,22,23,24);1H. The van der Waals surface area contributed by atoms with Crippen LogP contribution in [0, 0.1) is 5.92 Å². The minimum absolute atomic E-state index is 0. The summed E-state index contributed by atoms with van der Waals surface area (Å²) in [6.07, 6.45) is 0.938. The second-order valence-corrected chi connectivity index (χ2v) is 7.99. The topological polar surface area (TPSA) is 60.0 Å². The van der Waals surface area contributed by atoms with Crippen LogP contribution >= 0.6 is 35.6 Å². The molecule has 28 heavy (non-hydrogen) atoms. The molecule has 158 valence electrons. The molecule has 0 aromatic heterocycles. The zero-order valence-electron chi connectivity index (χ0n) is 17.4. The quantitative estimate of drug-likeness (QED) is 0.343. The van der Waals surface area contributed by atoms with Crippen LogP contribution in [0.2, 0.25) is 5.02 Å². The van der Waals surface area contributed by atoms with Gasteiger partial charge in [0, 0.05) is 43.7 Å². The van der Waals surface area contributed by atoms with Crippen LogP contribution < -0.4 is 10.6 Å². The van der Waals surface area contributed by atoms with E-state index in [-0.39, 0.29) is 47.9 Å². The maximum Gasteiger partial charge on any atom is 0.225 e. The van der Waals surface area contributed by atoms with Crippen molar-refractivity contribution in [2.24, 2.45) is 10.9 Å². The molecule has 8 heteroatoms. The third-order valence-corrected chi connectivity index (χ3v) is 5.15. The number of likely N-dealkylation sites (tertiary alicyclic amines) is 1. The van der Waals surface area contributed by atoms with Crippen molar-refractivity contribution in [3.8, 4) is 0 Å². The summed E-state index contributed by atoms with van der Waals surface area (Å²) >= 11 is 6.01. The minimum Gasteiger partial charge on any atom is -0.354 e. The van der Waals surface area contributed by atoms with E-state index in [0.717, 1.165) is 37.0 Å². The van der Waals surface area contributed by atoms with Crippen LogP contribution in [0.5, 0.6) is 0 Å². The summed E-state index contributed by atoms with van der Waals surface area (Å²) < 4.78 is 0. The Hall–Kier alpha value is -1.06. The first kappa shape index (κ1) is 25.0. The molecule has 0 saturated carbocycles. The third-order valence-electron chi connectivity index (χ3n) is 4.90. The number of carbonyl (C=O) groups excluding carboxylic acids is 1. The molecule has 1 heterocycles. The van der Waals surface area contributed by atoms with Gasteiger partial charge < -0.3 is 20.4 Å². The first-order valence-electron chi connectivity index (χ1n) is 9.49. The second kappa shape index (κ2) is 11.8. The highest BCUT2D eigenvalue weighted by molar-refractivity contribution is 14.0. The number of likely N-dealkylation sites (N-methyl/N-ethyl adjacent to an activating group) is 1. The smallest absolute Gasteiger partial charge is 0.225 e. The lowest BCUT2D eigenvalue weighted by atomic mass is 10.1. The number of hydrogen-bond donors (Lipinski definition) is 2. The Bertz CT molecular complexity index is 651. The molecule has 0 spiro atoms. The number of guanidine groups is 1. The number of nitrogens with one attached hydrogen (secondary N) is 2. The van der Waals surface area contributed by atoms with Crippen molar-refractivity contribution >= 4 is 47.4 Å². The molecular formula is C20H33ClIN5O. The maximum absolute atomic E-state index is 12.2. The highest BCUT2D eigenvalue weighted by Crippen LogP contribution is 2.20. The van der Waals surface area contributed by atoms with E-state index in [1.54, 1.807) is 7.05 Å². The van der Waals surface area contributed by atoms with Gasteiger partial charge in [-0.25, -0.2) is 0 Å². The van der Waals surface area contributed by atoms with Gasteiger partial charge in [0.25, 0.3) is 0 Å². The molecule has 1 aromatic carbocycles. The Morgan fingerprint density at radius 2 is 1.96 bits per heavy atom. The van der Waals surface area contributed by atoms with Crippen molar-refractivity contribution in [1.82, 2.24) is 20.4 Å². The van der Waals surface area contributed by atoms with Gasteiger partial charge in [0.1, 0.15) is 0 Å². The summed E-state index contributed by atoms with van der Waals surface area (Å²) in [6.45, 7) is 6.14. The van der Waals surface area contributed by atoms with Gasteiger partial charge in [-0.1, -0.05) is 37.6 Å². The number of carbonyl (C=O) groups is 1. The molecule has 6 nitrogen and oxygen atoms in total. The predicted molar refractivity (Wildman–Crippen MR) is 128 cm³/mol. The van der Waals surface area contributed by atoms with E-state index >= 15 is 0 Å². The van der Waals surface area contributed by atoms with Crippen molar-refractivity contribution in [1.29, 1.82) is 0 Å². The van der Waals surface area contributed by atoms with Crippen molar-refractivity contribution in [3.63, 3.8) is 0 Å². The molecule has 0 radical (unpaired) electrons. The van der Waals surface area contributed by atoms with Gasteiger partial charge in [-0.05, 0) is 38.2 Å². The zero-order valence-corrected chi connectivity index (χ0v) is 20.5. The normalized spacial score (nSPS) is 18.2. The highest BCUT2D eigenvalue weighted by Gasteiger charge is 2.28. The lowest BCUT2D eigenvalue weighted by Gasteiger charge is -2.27. The van der Waals surface area contributed by atoms with Crippen molar-refractivity contribution < 1.29 is 4.79 Å². The summed E-state index contributed by atoms with van der Waals surface area (Å²) in [7, 11) is 5.89. The van der Waals surface area contributed by atoms with E-state index in [1.165, 1.54) is 5.56 Å². The maximum atomic E-state index is 12.2. The average Bonchev–Trinajstić information content (AvgIpc) is 3.09. The number of nitrogens with zero attached hydrogens (tertiary/aromatic N) is 3. The molecule has 1 aromatic rings. The van der Waals surface area contributed by atoms with Crippen LogP contribution in [0.3, 0.4) is 0 Å². The van der Waals surface area contributed by atoms with Crippen LogP contribution in [0.4, 0.5) is 0 Å². The Morgan fingerprint density at radius 3 is 2.50 bits per heavy atom. The SMILES string of the molecule is CN=C(NCC(c1ccc(Cl)cc1)N(C)C)NC1CCN(C(=O)C(C)C)C1.I. The van der Waals surface area contributed by atoms with E-state index < -0.39 is 0 Å². The summed E-state index contributed by atoms with van der Waals surface area (Å²) in [4.78, 5) is 20.6. The molecule has 1 aliphatic heterocycles. The van der Waals surface area contributed by atoms with Crippen LogP contribution in [-0.2, 0) is 4.79 Å². The van der Waals surface area contributed by atoms with Gasteiger partial charge in [-0.15, -0.1) is 24.0 Å². The largest absolute Gasteiger partial charge is 0.354 e. The third kappa shape index (κ3) is 7.08. The second-order valence-electron chi connectivity index (χ2n) is 7.55. The number of rotatable bonds is 6. The molecule has 0 aliphatic carbocycles. The summed E-state index contributed by atoms with van der Waals surface area (Å²) in [5.41, 5.74) is 1.20. The molecule has 2 unspecified atom stereocenters. The van der Waals surface area contributed by atoms with Gasteiger partial charge >= 0.3 is 0 Å². The number of hydrogen-bond acceptors (Lipinski definition) is 3. The molecule has 2 N–H and O–H groups in total. The zero-order chi connectivity index (χ0) is 20.0. The van der Waals surface area contributed by atoms with Crippen LogP contribution in [0.15, 0.2) is 29.3 Å². The summed E-state index contributed by atoms with van der Waals surface area (Å²) in [6, 6.07) is 8.36. The summed E-state index contributed by atoms with van der Waals surface area (Å²) in [5.74, 6) is 1.03. The minimum atomic E-state index is 0. The molecule has 1 saturated heterocycles. The predicted octanol–water partition coefficient (Wildman–Crippen LogP) is 2.98. The summed E-state index contributed by atoms with van der Waals surface area (Å²) in [5, 5.41) is 7.61.